The largest absolute Gasteiger partial charge is 0.288 e. The highest BCUT2D eigenvalue weighted by Gasteiger charge is 2.30. The van der Waals surface area contributed by atoms with Crippen molar-refractivity contribution in [1.29, 1.82) is 0 Å². The summed E-state index contributed by atoms with van der Waals surface area (Å²) in [6.45, 7) is 4.52. The summed E-state index contributed by atoms with van der Waals surface area (Å²) in [5.74, 6) is 0.159. The van der Waals surface area contributed by atoms with Crippen molar-refractivity contribution in [3.8, 4) is 0 Å². The van der Waals surface area contributed by atoms with E-state index in [1.807, 2.05) is 0 Å². The van der Waals surface area contributed by atoms with Crippen molar-refractivity contribution >= 4 is 33.4 Å². The molecule has 2 heteroatoms. The zero-order valence-corrected chi connectivity index (χ0v) is 21.2. The number of rotatable bonds is 14. The van der Waals surface area contributed by atoms with E-state index < -0.39 is 0 Å². The molecule has 0 saturated carbocycles. The van der Waals surface area contributed by atoms with E-state index in [2.05, 4.69) is 60.1 Å². The zero-order valence-electron chi connectivity index (χ0n) is 19.6. The lowest BCUT2D eigenvalue weighted by Gasteiger charge is -2.17. The summed E-state index contributed by atoms with van der Waals surface area (Å²) in [5.41, 5.74) is 7.05. The molecule has 0 unspecified atom stereocenters. The van der Waals surface area contributed by atoms with Gasteiger partial charge in [0.15, 0.2) is 0 Å². The Morgan fingerprint density at radius 2 is 1.32 bits per heavy atom. The fraction of sp³-hybridized carbons (Fsp3) is 0.552. The van der Waals surface area contributed by atoms with E-state index in [1.165, 1.54) is 92.9 Å². The predicted molar refractivity (Wildman–Crippen MR) is 138 cm³/mol. The Kier molecular flexibility index (Phi) is 9.84. The van der Waals surface area contributed by atoms with E-state index in [-0.39, 0.29) is 5.78 Å². The second-order valence-electron chi connectivity index (χ2n) is 9.24. The van der Waals surface area contributed by atoms with Crippen LogP contribution in [0.4, 0.5) is 0 Å². The summed E-state index contributed by atoms with van der Waals surface area (Å²) in [7, 11) is 0. The normalized spacial score (nSPS) is 15.1. The summed E-state index contributed by atoms with van der Waals surface area (Å²) >= 11 is 3.61. The van der Waals surface area contributed by atoms with Gasteiger partial charge in [-0.05, 0) is 81.6 Å². The van der Waals surface area contributed by atoms with Gasteiger partial charge in [0.1, 0.15) is 0 Å². The van der Waals surface area contributed by atoms with Crippen LogP contribution in [0.2, 0.25) is 0 Å². The molecule has 0 spiro atoms. The van der Waals surface area contributed by atoms with Crippen LogP contribution in [-0.4, -0.2) is 5.78 Å². The number of carbonyl (C=O) groups excluding carboxylic acids is 1. The van der Waals surface area contributed by atoms with Crippen molar-refractivity contribution in [3.63, 3.8) is 0 Å². The van der Waals surface area contributed by atoms with Crippen LogP contribution in [0.15, 0.2) is 39.9 Å². The first kappa shape index (κ1) is 24.2. The zero-order chi connectivity index (χ0) is 22.1. The minimum absolute atomic E-state index is 0.159. The van der Waals surface area contributed by atoms with E-state index in [0.717, 1.165) is 34.9 Å². The van der Waals surface area contributed by atoms with Gasteiger partial charge in [-0.1, -0.05) is 96.3 Å². The molecule has 0 heterocycles. The van der Waals surface area contributed by atoms with Gasteiger partial charge in [0.25, 0.3) is 0 Å². The Balaban J connectivity index is 1.62. The van der Waals surface area contributed by atoms with Crippen LogP contribution < -0.4 is 0 Å². The summed E-state index contributed by atoms with van der Waals surface area (Å²) < 4.78 is 0.774. The van der Waals surface area contributed by atoms with Crippen LogP contribution in [0, 0.1) is 0 Å². The second kappa shape index (κ2) is 12.6. The lowest BCUT2D eigenvalue weighted by molar-refractivity contribution is -0.111. The Hall–Kier alpha value is -1.41. The number of ketones is 1. The van der Waals surface area contributed by atoms with Gasteiger partial charge in [-0.25, -0.2) is 0 Å². The van der Waals surface area contributed by atoms with Crippen LogP contribution in [0.1, 0.15) is 114 Å². The van der Waals surface area contributed by atoms with E-state index in [1.54, 1.807) is 0 Å². The molecular formula is C29H39BrO. The summed E-state index contributed by atoms with van der Waals surface area (Å²) in [5, 5.41) is 0. The average Bonchev–Trinajstić information content (AvgIpc) is 3.14. The molecule has 31 heavy (non-hydrogen) atoms. The fourth-order valence-electron chi connectivity index (χ4n) is 4.73. The standard InChI is InChI=1S/C29H39BrO/c1-3-5-7-9-11-13-15-22-17-18-23-20-27-26(25(23)19-22)21-24(28(30)29(27)31)16-14-12-10-8-6-4-2/h17-21H,3-16H2,1-2H3. The first-order valence-electron chi connectivity index (χ1n) is 12.7. The third-order valence-electron chi connectivity index (χ3n) is 6.66. The molecule has 0 radical (unpaired) electrons. The van der Waals surface area contributed by atoms with E-state index in [0.29, 0.717) is 0 Å². The molecule has 2 aliphatic rings. The number of Topliss-reactive ketones (excluding diaryl/α,β-unsaturated/α-hetero) is 1. The lowest BCUT2D eigenvalue weighted by Crippen LogP contribution is -2.09. The number of halogens is 1. The lowest BCUT2D eigenvalue weighted by atomic mass is 9.89. The van der Waals surface area contributed by atoms with Gasteiger partial charge in [0.2, 0.25) is 5.78 Å². The number of fused-ring (bicyclic) bond motifs is 3. The number of hydrogen-bond donors (Lipinski definition) is 0. The predicted octanol–water partition coefficient (Wildman–Crippen LogP) is 9.35. The minimum atomic E-state index is 0.159. The minimum Gasteiger partial charge on any atom is -0.288 e. The molecule has 1 aromatic rings. The molecule has 0 fully saturated rings. The van der Waals surface area contributed by atoms with Gasteiger partial charge in [0.05, 0.1) is 4.48 Å². The molecular weight excluding hydrogens is 444 g/mol. The van der Waals surface area contributed by atoms with Crippen molar-refractivity contribution in [2.75, 3.05) is 0 Å². The van der Waals surface area contributed by atoms with Gasteiger partial charge in [-0.2, -0.15) is 0 Å². The summed E-state index contributed by atoms with van der Waals surface area (Å²) in [4.78, 5) is 13.0. The van der Waals surface area contributed by atoms with Crippen LogP contribution >= 0.6 is 15.9 Å². The van der Waals surface area contributed by atoms with Crippen LogP contribution in [0.3, 0.4) is 0 Å². The van der Waals surface area contributed by atoms with Crippen LogP contribution in [0.5, 0.6) is 0 Å². The molecule has 2 aliphatic carbocycles. The molecule has 0 atom stereocenters. The SMILES string of the molecule is CCCCCCCCC1=C(Br)C(=O)C2=Cc3ccc(CCCCCCCC)cc3C2=C1. The van der Waals surface area contributed by atoms with Gasteiger partial charge < -0.3 is 0 Å². The maximum absolute atomic E-state index is 13.0. The van der Waals surface area contributed by atoms with Gasteiger partial charge >= 0.3 is 0 Å². The number of hydrogen-bond acceptors (Lipinski definition) is 1. The number of carbonyl (C=O) groups is 1. The van der Waals surface area contributed by atoms with Crippen molar-refractivity contribution in [2.45, 2.75) is 104 Å². The third-order valence-corrected chi connectivity index (χ3v) is 7.53. The number of benzene rings is 1. The Bertz CT molecular complexity index is 855. The fourth-order valence-corrected chi connectivity index (χ4v) is 5.25. The van der Waals surface area contributed by atoms with Crippen molar-refractivity contribution in [2.24, 2.45) is 0 Å². The van der Waals surface area contributed by atoms with Crippen LogP contribution in [-0.2, 0) is 11.2 Å². The number of aryl methyl sites for hydroxylation is 1. The first-order chi connectivity index (χ1) is 15.2. The average molecular weight is 484 g/mol. The van der Waals surface area contributed by atoms with Gasteiger partial charge in [-0.15, -0.1) is 0 Å². The summed E-state index contributed by atoms with van der Waals surface area (Å²) in [6, 6.07) is 6.80. The van der Waals surface area contributed by atoms with Crippen molar-refractivity contribution < 1.29 is 4.79 Å². The molecule has 168 valence electrons. The Labute approximate surface area is 198 Å². The Morgan fingerprint density at radius 1 is 0.710 bits per heavy atom. The maximum atomic E-state index is 13.0. The Morgan fingerprint density at radius 3 is 2.00 bits per heavy atom. The molecule has 1 nitrogen and oxygen atoms in total. The molecule has 0 N–H and O–H groups in total. The van der Waals surface area contributed by atoms with E-state index in [4.69, 9.17) is 0 Å². The van der Waals surface area contributed by atoms with Crippen molar-refractivity contribution in [1.82, 2.24) is 0 Å². The van der Waals surface area contributed by atoms with Crippen molar-refractivity contribution in [3.05, 3.63) is 56.6 Å². The molecule has 0 saturated heterocycles. The number of allylic oxidation sites excluding steroid dienone is 5. The second-order valence-corrected chi connectivity index (χ2v) is 10.0. The van der Waals surface area contributed by atoms with E-state index >= 15 is 0 Å². The molecule has 0 amide bonds. The summed E-state index contributed by atoms with van der Waals surface area (Å²) in [6.07, 6.45) is 22.1. The molecule has 0 aromatic heterocycles. The topological polar surface area (TPSA) is 17.1 Å². The monoisotopic (exact) mass is 482 g/mol. The molecule has 0 aliphatic heterocycles. The smallest absolute Gasteiger partial charge is 0.200 e. The van der Waals surface area contributed by atoms with E-state index in [9.17, 15) is 4.79 Å². The van der Waals surface area contributed by atoms with Gasteiger partial charge in [0, 0.05) is 5.57 Å². The quantitative estimate of drug-likeness (QED) is 0.241. The maximum Gasteiger partial charge on any atom is 0.200 e. The van der Waals surface area contributed by atoms with Gasteiger partial charge in [-0.3, -0.25) is 4.79 Å². The van der Waals surface area contributed by atoms with Crippen LogP contribution in [0.25, 0.3) is 11.6 Å². The molecule has 1 aromatic carbocycles. The molecule has 3 rings (SSSR count). The third kappa shape index (κ3) is 6.54. The first-order valence-corrected chi connectivity index (χ1v) is 13.5. The highest BCUT2D eigenvalue weighted by molar-refractivity contribution is 9.12. The highest BCUT2D eigenvalue weighted by Crippen LogP contribution is 2.43. The molecule has 0 bridgehead atoms. The number of unbranched alkanes of at least 4 members (excludes halogenated alkanes) is 10. The highest BCUT2D eigenvalue weighted by atomic mass is 79.9.